The van der Waals surface area contributed by atoms with Crippen LogP contribution in [-0.2, 0) is 17.7 Å². The standard InChI is InChI=1S/C13H13BrFN3O3/c1-21-6-5-10-12(13(19)20)16-17-18(10)7-8-3-2-4-9(15)11(8)14/h2-4H,5-7H2,1H3,(H,19,20). The molecule has 0 amide bonds. The lowest BCUT2D eigenvalue weighted by molar-refractivity contribution is 0.0688. The minimum Gasteiger partial charge on any atom is -0.476 e. The predicted molar refractivity (Wildman–Crippen MR) is 75.8 cm³/mol. The summed E-state index contributed by atoms with van der Waals surface area (Å²) in [5.74, 6) is -1.53. The van der Waals surface area contributed by atoms with E-state index in [1.54, 1.807) is 12.1 Å². The zero-order valence-corrected chi connectivity index (χ0v) is 12.8. The van der Waals surface area contributed by atoms with Gasteiger partial charge in [0, 0.05) is 13.5 Å². The van der Waals surface area contributed by atoms with Crippen molar-refractivity contribution < 1.29 is 19.0 Å². The van der Waals surface area contributed by atoms with E-state index in [1.165, 1.54) is 17.9 Å². The summed E-state index contributed by atoms with van der Waals surface area (Å²) in [6.45, 7) is 0.565. The normalized spacial score (nSPS) is 10.8. The summed E-state index contributed by atoms with van der Waals surface area (Å²) in [4.78, 5) is 11.1. The van der Waals surface area contributed by atoms with Gasteiger partial charge in [-0.25, -0.2) is 13.9 Å². The van der Waals surface area contributed by atoms with Crippen molar-refractivity contribution >= 4 is 21.9 Å². The van der Waals surface area contributed by atoms with Crippen molar-refractivity contribution in [2.45, 2.75) is 13.0 Å². The molecule has 0 aliphatic heterocycles. The van der Waals surface area contributed by atoms with Gasteiger partial charge in [0.2, 0.25) is 0 Å². The Morgan fingerprint density at radius 3 is 2.95 bits per heavy atom. The Hall–Kier alpha value is -1.80. The van der Waals surface area contributed by atoms with Gasteiger partial charge < -0.3 is 9.84 Å². The highest BCUT2D eigenvalue weighted by molar-refractivity contribution is 9.10. The van der Waals surface area contributed by atoms with Crippen LogP contribution < -0.4 is 0 Å². The maximum Gasteiger partial charge on any atom is 0.358 e. The topological polar surface area (TPSA) is 77.2 Å². The van der Waals surface area contributed by atoms with Crippen LogP contribution in [0.1, 0.15) is 21.7 Å². The lowest BCUT2D eigenvalue weighted by atomic mass is 10.2. The second-order valence-electron chi connectivity index (χ2n) is 4.30. The van der Waals surface area contributed by atoms with Crippen LogP contribution in [0.4, 0.5) is 4.39 Å². The molecule has 0 saturated heterocycles. The number of ether oxygens (including phenoxy) is 1. The Balaban J connectivity index is 2.35. The first-order chi connectivity index (χ1) is 10.0. The maximum atomic E-state index is 13.5. The molecule has 6 nitrogen and oxygen atoms in total. The Kier molecular flexibility index (Phi) is 5.03. The van der Waals surface area contributed by atoms with Crippen LogP contribution in [0.25, 0.3) is 0 Å². The number of aromatic carboxylic acids is 1. The van der Waals surface area contributed by atoms with Crippen molar-refractivity contribution in [3.8, 4) is 0 Å². The molecule has 112 valence electrons. The number of nitrogens with zero attached hydrogens (tertiary/aromatic N) is 3. The molecule has 0 spiro atoms. The SMILES string of the molecule is COCCc1c(C(=O)O)nnn1Cc1cccc(F)c1Br. The number of hydrogen-bond donors (Lipinski definition) is 1. The molecule has 1 aromatic carbocycles. The third kappa shape index (κ3) is 3.45. The number of halogens is 2. The summed E-state index contributed by atoms with van der Waals surface area (Å²) in [7, 11) is 1.53. The molecule has 0 atom stereocenters. The average Bonchev–Trinajstić information content (AvgIpc) is 2.84. The summed E-state index contributed by atoms with van der Waals surface area (Å²) < 4.78 is 20.3. The van der Waals surface area contributed by atoms with Crippen LogP contribution in [0.2, 0.25) is 0 Å². The van der Waals surface area contributed by atoms with E-state index in [0.717, 1.165) is 0 Å². The van der Waals surface area contributed by atoms with Crippen LogP contribution in [0.5, 0.6) is 0 Å². The van der Waals surface area contributed by atoms with Gasteiger partial charge in [0.1, 0.15) is 5.82 Å². The lowest BCUT2D eigenvalue weighted by Gasteiger charge is -2.09. The first-order valence-corrected chi connectivity index (χ1v) is 6.91. The minimum absolute atomic E-state index is 0.112. The van der Waals surface area contributed by atoms with E-state index in [4.69, 9.17) is 9.84 Å². The van der Waals surface area contributed by atoms with Gasteiger partial charge in [0.05, 0.1) is 23.3 Å². The number of carbonyl (C=O) groups is 1. The van der Waals surface area contributed by atoms with Crippen LogP contribution >= 0.6 is 15.9 Å². The molecule has 2 rings (SSSR count). The second kappa shape index (κ2) is 6.77. The van der Waals surface area contributed by atoms with Crippen LogP contribution in [0, 0.1) is 5.82 Å². The number of rotatable bonds is 6. The van der Waals surface area contributed by atoms with E-state index < -0.39 is 5.97 Å². The van der Waals surface area contributed by atoms with Crippen molar-refractivity contribution in [1.82, 2.24) is 15.0 Å². The Morgan fingerprint density at radius 2 is 2.29 bits per heavy atom. The molecule has 8 heteroatoms. The number of benzene rings is 1. The van der Waals surface area contributed by atoms with E-state index in [2.05, 4.69) is 26.2 Å². The average molecular weight is 358 g/mol. The third-order valence-electron chi connectivity index (χ3n) is 2.93. The van der Waals surface area contributed by atoms with Crippen molar-refractivity contribution in [1.29, 1.82) is 0 Å². The number of carboxylic acids is 1. The zero-order valence-electron chi connectivity index (χ0n) is 11.2. The molecule has 1 aromatic heterocycles. The Morgan fingerprint density at radius 1 is 1.52 bits per heavy atom. The van der Waals surface area contributed by atoms with Crippen LogP contribution in [0.3, 0.4) is 0 Å². The summed E-state index contributed by atoms with van der Waals surface area (Å²) in [6.07, 6.45) is 0.359. The van der Waals surface area contributed by atoms with Gasteiger partial charge in [-0.2, -0.15) is 0 Å². The molecule has 0 radical (unpaired) electrons. The number of hydrogen-bond acceptors (Lipinski definition) is 4. The van der Waals surface area contributed by atoms with E-state index in [-0.39, 0.29) is 18.1 Å². The smallest absolute Gasteiger partial charge is 0.358 e. The highest BCUT2D eigenvalue weighted by atomic mass is 79.9. The van der Waals surface area contributed by atoms with E-state index in [0.29, 0.717) is 28.8 Å². The summed E-state index contributed by atoms with van der Waals surface area (Å²) in [5.41, 5.74) is 0.982. The second-order valence-corrected chi connectivity index (χ2v) is 5.10. The molecule has 0 bridgehead atoms. The molecular weight excluding hydrogens is 345 g/mol. The van der Waals surface area contributed by atoms with E-state index in [9.17, 15) is 9.18 Å². The highest BCUT2D eigenvalue weighted by Crippen LogP contribution is 2.22. The fraction of sp³-hybridized carbons (Fsp3) is 0.308. The first-order valence-electron chi connectivity index (χ1n) is 6.12. The van der Waals surface area contributed by atoms with Gasteiger partial charge in [-0.1, -0.05) is 17.3 Å². The van der Waals surface area contributed by atoms with E-state index in [1.807, 2.05) is 0 Å². The van der Waals surface area contributed by atoms with Crippen LogP contribution in [0.15, 0.2) is 22.7 Å². The molecule has 0 unspecified atom stereocenters. The molecule has 0 aliphatic carbocycles. The van der Waals surface area contributed by atoms with Crippen molar-refractivity contribution in [2.75, 3.05) is 13.7 Å². The third-order valence-corrected chi connectivity index (χ3v) is 3.82. The van der Waals surface area contributed by atoms with Crippen LogP contribution in [-0.4, -0.2) is 39.8 Å². The highest BCUT2D eigenvalue weighted by Gasteiger charge is 2.19. The van der Waals surface area contributed by atoms with Crippen molar-refractivity contribution in [3.63, 3.8) is 0 Å². The summed E-state index contributed by atoms with van der Waals surface area (Å²) in [5, 5.41) is 16.6. The molecule has 0 fully saturated rings. The Bertz CT molecular complexity index is 660. The molecule has 0 aliphatic rings. The van der Waals surface area contributed by atoms with Gasteiger partial charge in [-0.3, -0.25) is 0 Å². The van der Waals surface area contributed by atoms with Gasteiger partial charge in [0.15, 0.2) is 5.69 Å². The fourth-order valence-electron chi connectivity index (χ4n) is 1.90. The zero-order chi connectivity index (χ0) is 15.4. The molecule has 1 N–H and O–H groups in total. The minimum atomic E-state index is -1.15. The van der Waals surface area contributed by atoms with Gasteiger partial charge in [-0.05, 0) is 27.6 Å². The lowest BCUT2D eigenvalue weighted by Crippen LogP contribution is -2.12. The molecule has 21 heavy (non-hydrogen) atoms. The largest absolute Gasteiger partial charge is 0.476 e. The van der Waals surface area contributed by atoms with E-state index >= 15 is 0 Å². The summed E-state index contributed by atoms with van der Waals surface area (Å²) >= 11 is 3.17. The molecular formula is C13H13BrFN3O3. The Labute approximate surface area is 128 Å². The number of carboxylic acid groups (broad SMARTS) is 1. The van der Waals surface area contributed by atoms with Gasteiger partial charge in [-0.15, -0.1) is 5.10 Å². The molecule has 1 heterocycles. The number of methoxy groups -OCH3 is 1. The quantitative estimate of drug-likeness (QED) is 0.856. The van der Waals surface area contributed by atoms with Crippen molar-refractivity contribution in [2.24, 2.45) is 0 Å². The van der Waals surface area contributed by atoms with Gasteiger partial charge in [0.25, 0.3) is 0 Å². The van der Waals surface area contributed by atoms with Crippen molar-refractivity contribution in [3.05, 3.63) is 45.4 Å². The predicted octanol–water partition coefficient (Wildman–Crippen LogP) is 2.12. The first kappa shape index (κ1) is 15.6. The monoisotopic (exact) mass is 357 g/mol. The van der Waals surface area contributed by atoms with Gasteiger partial charge >= 0.3 is 5.97 Å². The molecule has 0 saturated carbocycles. The fourth-order valence-corrected chi connectivity index (χ4v) is 2.29. The molecule has 2 aromatic rings. The maximum absolute atomic E-state index is 13.5. The summed E-state index contributed by atoms with van der Waals surface area (Å²) in [6, 6.07) is 4.65. The number of aromatic nitrogens is 3.